The first-order chi connectivity index (χ1) is 10.1. The van der Waals surface area contributed by atoms with E-state index in [0.717, 1.165) is 5.56 Å². The number of aliphatic hydroxyl groups is 2. The van der Waals surface area contributed by atoms with Crippen LogP contribution in [0.15, 0.2) is 36.5 Å². The number of hydrogen-bond donors (Lipinski definition) is 3. The zero-order valence-electron chi connectivity index (χ0n) is 11.7. The molecule has 2 aromatic rings. The van der Waals surface area contributed by atoms with E-state index in [1.807, 2.05) is 30.3 Å². The molecular formula is C15H18N2O4. The first kappa shape index (κ1) is 15.2. The van der Waals surface area contributed by atoms with E-state index in [0.29, 0.717) is 11.3 Å². The molecule has 0 fully saturated rings. The molecule has 6 heteroatoms. The maximum atomic E-state index is 11.4. The molecule has 112 valence electrons. The van der Waals surface area contributed by atoms with Gasteiger partial charge in [-0.2, -0.15) is 5.10 Å². The molecule has 21 heavy (non-hydrogen) atoms. The number of aromatic nitrogens is 2. The summed E-state index contributed by atoms with van der Waals surface area (Å²) in [5.74, 6) is -0.547. The standard InChI is InChI=1S/C15H18N2O4/c1-2-21-13(19)8-12(18)15(20)11-9-16-17-14(11)10-6-4-3-5-7-10/h3-7,9,12,15,18,20H,2,8H2,1H3,(H,16,17). The van der Waals surface area contributed by atoms with Gasteiger partial charge in [0.05, 0.1) is 31.0 Å². The number of aromatic amines is 1. The lowest BCUT2D eigenvalue weighted by Crippen LogP contribution is -2.23. The van der Waals surface area contributed by atoms with E-state index in [1.54, 1.807) is 6.92 Å². The molecule has 2 unspecified atom stereocenters. The Labute approximate surface area is 122 Å². The number of carbonyl (C=O) groups excluding carboxylic acids is 1. The number of carbonyl (C=O) groups is 1. The van der Waals surface area contributed by atoms with Gasteiger partial charge in [0, 0.05) is 5.56 Å². The van der Waals surface area contributed by atoms with Gasteiger partial charge in [0.15, 0.2) is 0 Å². The van der Waals surface area contributed by atoms with Crippen LogP contribution in [0, 0.1) is 0 Å². The summed E-state index contributed by atoms with van der Waals surface area (Å²) in [5.41, 5.74) is 1.90. The van der Waals surface area contributed by atoms with E-state index in [9.17, 15) is 15.0 Å². The molecular weight excluding hydrogens is 272 g/mol. The summed E-state index contributed by atoms with van der Waals surface area (Å²) in [6, 6.07) is 9.33. The zero-order chi connectivity index (χ0) is 15.2. The normalized spacial score (nSPS) is 13.7. The molecule has 1 aromatic carbocycles. The van der Waals surface area contributed by atoms with Crippen molar-refractivity contribution in [3.05, 3.63) is 42.1 Å². The topological polar surface area (TPSA) is 95.4 Å². The fourth-order valence-electron chi connectivity index (χ4n) is 2.07. The maximum Gasteiger partial charge on any atom is 0.308 e. The van der Waals surface area contributed by atoms with Crippen molar-refractivity contribution in [2.45, 2.75) is 25.6 Å². The number of aliphatic hydroxyl groups excluding tert-OH is 2. The summed E-state index contributed by atoms with van der Waals surface area (Å²) < 4.78 is 4.76. The number of benzene rings is 1. The van der Waals surface area contributed by atoms with Gasteiger partial charge < -0.3 is 14.9 Å². The summed E-state index contributed by atoms with van der Waals surface area (Å²) in [6.07, 6.45) is -1.29. The molecule has 0 aliphatic heterocycles. The van der Waals surface area contributed by atoms with Gasteiger partial charge in [-0.3, -0.25) is 9.89 Å². The van der Waals surface area contributed by atoms with Gasteiger partial charge in [0.1, 0.15) is 6.10 Å². The number of nitrogens with one attached hydrogen (secondary N) is 1. The molecule has 0 spiro atoms. The molecule has 1 aromatic heterocycles. The first-order valence-electron chi connectivity index (χ1n) is 6.74. The Bertz CT molecular complexity index is 582. The molecule has 2 atom stereocenters. The van der Waals surface area contributed by atoms with Crippen molar-refractivity contribution in [3.63, 3.8) is 0 Å². The van der Waals surface area contributed by atoms with Crippen LogP contribution < -0.4 is 0 Å². The Kier molecular flexibility index (Phi) is 5.08. The van der Waals surface area contributed by atoms with E-state index in [1.165, 1.54) is 6.20 Å². The van der Waals surface area contributed by atoms with Crippen molar-refractivity contribution < 1.29 is 19.7 Å². The third-order valence-electron chi connectivity index (χ3n) is 3.10. The molecule has 6 nitrogen and oxygen atoms in total. The van der Waals surface area contributed by atoms with Crippen LogP contribution in [0.4, 0.5) is 0 Å². The number of esters is 1. The number of nitrogens with zero attached hydrogens (tertiary/aromatic N) is 1. The maximum absolute atomic E-state index is 11.4. The highest BCUT2D eigenvalue weighted by atomic mass is 16.5. The average molecular weight is 290 g/mol. The Morgan fingerprint density at radius 1 is 1.33 bits per heavy atom. The first-order valence-corrected chi connectivity index (χ1v) is 6.74. The van der Waals surface area contributed by atoms with Gasteiger partial charge in [-0.15, -0.1) is 0 Å². The van der Waals surface area contributed by atoms with Crippen LogP contribution in [0.1, 0.15) is 25.0 Å². The van der Waals surface area contributed by atoms with Crippen LogP contribution in [0.25, 0.3) is 11.3 Å². The molecule has 0 saturated heterocycles. The average Bonchev–Trinajstić information content (AvgIpc) is 2.96. The highest BCUT2D eigenvalue weighted by Gasteiger charge is 2.25. The number of rotatable bonds is 6. The molecule has 0 radical (unpaired) electrons. The van der Waals surface area contributed by atoms with E-state index in [4.69, 9.17) is 4.74 Å². The van der Waals surface area contributed by atoms with Crippen LogP contribution in [0.2, 0.25) is 0 Å². The van der Waals surface area contributed by atoms with E-state index >= 15 is 0 Å². The minimum absolute atomic E-state index is 0.239. The minimum Gasteiger partial charge on any atom is -0.466 e. The predicted octanol–water partition coefficient (Wildman–Crippen LogP) is 1.42. The van der Waals surface area contributed by atoms with Crippen LogP contribution in [0.3, 0.4) is 0 Å². The Morgan fingerprint density at radius 2 is 2.05 bits per heavy atom. The van der Waals surface area contributed by atoms with E-state index in [2.05, 4.69) is 10.2 Å². The van der Waals surface area contributed by atoms with Crippen LogP contribution >= 0.6 is 0 Å². The fraction of sp³-hybridized carbons (Fsp3) is 0.333. The third kappa shape index (κ3) is 3.68. The number of ether oxygens (including phenoxy) is 1. The van der Waals surface area contributed by atoms with Crippen molar-refractivity contribution in [2.24, 2.45) is 0 Å². The predicted molar refractivity (Wildman–Crippen MR) is 76.2 cm³/mol. The van der Waals surface area contributed by atoms with Crippen molar-refractivity contribution in [1.29, 1.82) is 0 Å². The van der Waals surface area contributed by atoms with Gasteiger partial charge in [-0.1, -0.05) is 30.3 Å². The summed E-state index contributed by atoms with van der Waals surface area (Å²) >= 11 is 0. The quantitative estimate of drug-likeness (QED) is 0.699. The highest BCUT2D eigenvalue weighted by molar-refractivity contribution is 5.70. The highest BCUT2D eigenvalue weighted by Crippen LogP contribution is 2.28. The van der Waals surface area contributed by atoms with Crippen molar-refractivity contribution >= 4 is 5.97 Å². The van der Waals surface area contributed by atoms with Crippen LogP contribution in [0.5, 0.6) is 0 Å². The van der Waals surface area contributed by atoms with Crippen LogP contribution in [-0.4, -0.2) is 39.1 Å². The van der Waals surface area contributed by atoms with E-state index in [-0.39, 0.29) is 13.0 Å². The molecule has 0 saturated carbocycles. The Morgan fingerprint density at radius 3 is 2.71 bits per heavy atom. The second-order valence-electron chi connectivity index (χ2n) is 4.59. The lowest BCUT2D eigenvalue weighted by atomic mass is 9.99. The monoisotopic (exact) mass is 290 g/mol. The lowest BCUT2D eigenvalue weighted by molar-refractivity contribution is -0.147. The van der Waals surface area contributed by atoms with Gasteiger partial charge in [-0.05, 0) is 12.5 Å². The summed E-state index contributed by atoms with van der Waals surface area (Å²) in [7, 11) is 0. The second-order valence-corrected chi connectivity index (χ2v) is 4.59. The number of hydrogen-bond acceptors (Lipinski definition) is 5. The van der Waals surface area contributed by atoms with Gasteiger partial charge in [0.2, 0.25) is 0 Å². The van der Waals surface area contributed by atoms with Crippen molar-refractivity contribution in [3.8, 4) is 11.3 Å². The second kappa shape index (κ2) is 7.01. The van der Waals surface area contributed by atoms with Gasteiger partial charge in [-0.25, -0.2) is 0 Å². The smallest absolute Gasteiger partial charge is 0.308 e. The van der Waals surface area contributed by atoms with Gasteiger partial charge >= 0.3 is 5.97 Å². The molecule has 3 N–H and O–H groups in total. The van der Waals surface area contributed by atoms with Crippen molar-refractivity contribution in [2.75, 3.05) is 6.61 Å². The van der Waals surface area contributed by atoms with Crippen LogP contribution in [-0.2, 0) is 9.53 Å². The molecule has 0 aliphatic rings. The molecule has 0 aliphatic carbocycles. The fourth-order valence-corrected chi connectivity index (χ4v) is 2.07. The summed E-state index contributed by atoms with van der Waals surface area (Å²) in [5, 5.41) is 26.9. The minimum atomic E-state index is -1.25. The van der Waals surface area contributed by atoms with Gasteiger partial charge in [0.25, 0.3) is 0 Å². The summed E-state index contributed by atoms with van der Waals surface area (Å²) in [4.78, 5) is 11.4. The number of H-pyrrole nitrogens is 1. The molecule has 0 bridgehead atoms. The largest absolute Gasteiger partial charge is 0.466 e. The lowest BCUT2D eigenvalue weighted by Gasteiger charge is -2.17. The SMILES string of the molecule is CCOC(=O)CC(O)C(O)c1cn[nH]c1-c1ccccc1. The summed E-state index contributed by atoms with van der Waals surface area (Å²) in [6.45, 7) is 1.92. The Hall–Kier alpha value is -2.18. The molecule has 1 heterocycles. The molecule has 0 amide bonds. The molecule has 2 rings (SSSR count). The third-order valence-corrected chi connectivity index (χ3v) is 3.10. The van der Waals surface area contributed by atoms with E-state index < -0.39 is 18.2 Å². The Balaban J connectivity index is 2.15. The zero-order valence-corrected chi connectivity index (χ0v) is 11.7. The van der Waals surface area contributed by atoms with Crippen molar-refractivity contribution in [1.82, 2.24) is 10.2 Å².